The van der Waals surface area contributed by atoms with Gasteiger partial charge in [-0.25, -0.2) is 14.6 Å². The number of imidazole rings is 2. The van der Waals surface area contributed by atoms with Crippen LogP contribution >= 0.6 is 0 Å². The summed E-state index contributed by atoms with van der Waals surface area (Å²) in [6.07, 6.45) is 22.7. The number of aromatic amines is 1. The fourth-order valence-electron chi connectivity index (χ4n) is 5.60. The minimum absolute atomic E-state index is 0.0261. The van der Waals surface area contributed by atoms with Gasteiger partial charge >= 0.3 is 0 Å². The van der Waals surface area contributed by atoms with Crippen molar-refractivity contribution in [3.8, 4) is 11.4 Å². The third kappa shape index (κ3) is 5.93. The molecule has 3 N–H and O–H groups in total. The van der Waals surface area contributed by atoms with E-state index in [9.17, 15) is 9.59 Å². The minimum atomic E-state index is -0.160. The average Bonchev–Trinajstić information content (AvgIpc) is 3.67. The number of nitrogens with zero attached hydrogens (tertiary/aromatic N) is 5. The van der Waals surface area contributed by atoms with Crippen LogP contribution < -0.4 is 17.0 Å². The van der Waals surface area contributed by atoms with Gasteiger partial charge in [0.25, 0.3) is 5.56 Å². The van der Waals surface area contributed by atoms with E-state index in [1.165, 1.54) is 56.0 Å². The van der Waals surface area contributed by atoms with Gasteiger partial charge in [0.15, 0.2) is 0 Å². The molecule has 0 saturated heterocycles. The standard InChI is InChI=1S/C14H18N4O.C14H17N3O/c15-18-13(11-4-2-1-3-5-11)8-12(9-14(18)19)17-7-6-16-10-17;18-14-9-12(17-7-6-15-10-17)8-13(16-14)11-4-2-1-3-5-11/h6-11H,1-5,15H2;6-11H,1-5H2,(H,16,18). The molecule has 6 rings (SSSR count). The normalized spacial score (nSPS) is 16.8. The quantitative estimate of drug-likeness (QED) is 0.402. The third-order valence-electron chi connectivity index (χ3n) is 7.61. The van der Waals surface area contributed by atoms with Crippen LogP contribution in [0, 0.1) is 0 Å². The monoisotopic (exact) mass is 501 g/mol. The third-order valence-corrected chi connectivity index (χ3v) is 7.61. The summed E-state index contributed by atoms with van der Waals surface area (Å²) in [7, 11) is 0. The van der Waals surface area contributed by atoms with E-state index < -0.39 is 0 Å². The first kappa shape index (κ1) is 24.8. The van der Waals surface area contributed by atoms with Crippen molar-refractivity contribution in [2.75, 3.05) is 5.84 Å². The maximum absolute atomic E-state index is 12.0. The molecule has 2 fully saturated rings. The SMILES string of the molecule is Nn1c(C2CCCCC2)cc(-n2ccnc2)cc1=O.O=c1cc(-n2ccnc2)cc(C2CCCCC2)[nH]1. The van der Waals surface area contributed by atoms with Crippen LogP contribution in [0.25, 0.3) is 11.4 Å². The zero-order valence-electron chi connectivity index (χ0n) is 21.1. The molecule has 0 aromatic carbocycles. The first-order chi connectivity index (χ1) is 18.1. The Balaban J connectivity index is 0.000000152. The number of pyridine rings is 2. The molecule has 0 aliphatic heterocycles. The lowest BCUT2D eigenvalue weighted by Crippen LogP contribution is -2.32. The molecule has 0 spiro atoms. The topological polar surface area (TPSA) is 117 Å². The Morgan fingerprint density at radius 3 is 1.86 bits per heavy atom. The van der Waals surface area contributed by atoms with Crippen molar-refractivity contribution in [2.24, 2.45) is 0 Å². The van der Waals surface area contributed by atoms with Crippen molar-refractivity contribution in [1.82, 2.24) is 28.8 Å². The lowest BCUT2D eigenvalue weighted by molar-refractivity contribution is 0.428. The molecule has 9 heteroatoms. The Kier molecular flexibility index (Phi) is 7.67. The predicted molar refractivity (Wildman–Crippen MR) is 144 cm³/mol. The van der Waals surface area contributed by atoms with Crippen LogP contribution in [0.3, 0.4) is 0 Å². The smallest absolute Gasteiger partial charge is 0.270 e. The maximum atomic E-state index is 12.0. The van der Waals surface area contributed by atoms with Gasteiger partial charge in [0.05, 0.1) is 24.0 Å². The molecule has 0 radical (unpaired) electrons. The number of aromatic nitrogens is 6. The van der Waals surface area contributed by atoms with E-state index in [4.69, 9.17) is 5.84 Å². The van der Waals surface area contributed by atoms with Crippen molar-refractivity contribution >= 4 is 0 Å². The van der Waals surface area contributed by atoms with Crippen molar-refractivity contribution in [3.63, 3.8) is 0 Å². The highest BCUT2D eigenvalue weighted by Crippen LogP contribution is 2.33. The number of nitrogen functional groups attached to an aromatic ring is 1. The van der Waals surface area contributed by atoms with Crippen LogP contribution in [-0.2, 0) is 0 Å². The van der Waals surface area contributed by atoms with Gasteiger partial charge < -0.3 is 20.0 Å². The number of rotatable bonds is 4. The molecule has 0 unspecified atom stereocenters. The van der Waals surface area contributed by atoms with Gasteiger partial charge in [0.1, 0.15) is 0 Å². The summed E-state index contributed by atoms with van der Waals surface area (Å²) in [6.45, 7) is 0. The van der Waals surface area contributed by atoms with Gasteiger partial charge in [-0.05, 0) is 43.7 Å². The molecule has 2 aliphatic carbocycles. The van der Waals surface area contributed by atoms with Crippen LogP contribution in [0.15, 0.2) is 71.3 Å². The Morgan fingerprint density at radius 1 is 0.730 bits per heavy atom. The second-order valence-corrected chi connectivity index (χ2v) is 10.1. The summed E-state index contributed by atoms with van der Waals surface area (Å²) in [4.78, 5) is 34.8. The fraction of sp³-hybridized carbons (Fsp3) is 0.429. The van der Waals surface area contributed by atoms with Gasteiger partial charge in [-0.15, -0.1) is 0 Å². The van der Waals surface area contributed by atoms with Gasteiger partial charge in [-0.2, -0.15) is 0 Å². The Bertz CT molecular complexity index is 1390. The van der Waals surface area contributed by atoms with E-state index in [1.807, 2.05) is 27.6 Å². The van der Waals surface area contributed by atoms with Crippen LogP contribution in [0.5, 0.6) is 0 Å². The van der Waals surface area contributed by atoms with Crippen molar-refractivity contribution in [1.29, 1.82) is 0 Å². The van der Waals surface area contributed by atoms with Crippen LogP contribution in [0.1, 0.15) is 87.4 Å². The molecule has 2 saturated carbocycles. The molecule has 4 aromatic heterocycles. The van der Waals surface area contributed by atoms with E-state index in [-0.39, 0.29) is 11.1 Å². The van der Waals surface area contributed by atoms with Gasteiger partial charge in [-0.1, -0.05) is 38.5 Å². The summed E-state index contributed by atoms with van der Waals surface area (Å²) in [5.74, 6) is 6.82. The lowest BCUT2D eigenvalue weighted by Gasteiger charge is -2.24. The molecule has 0 amide bonds. The second kappa shape index (κ2) is 11.5. The van der Waals surface area contributed by atoms with Crippen molar-refractivity contribution in [3.05, 3.63) is 93.8 Å². The Morgan fingerprint density at radius 2 is 1.30 bits per heavy atom. The van der Waals surface area contributed by atoms with E-state index in [0.29, 0.717) is 11.8 Å². The van der Waals surface area contributed by atoms with Crippen LogP contribution in [-0.4, -0.2) is 28.8 Å². The first-order valence-electron chi connectivity index (χ1n) is 13.3. The molecular weight excluding hydrogens is 466 g/mol. The van der Waals surface area contributed by atoms with Gasteiger partial charge in [0, 0.05) is 54.2 Å². The number of nitrogens with two attached hydrogens (primary N) is 1. The van der Waals surface area contributed by atoms with Crippen molar-refractivity contribution in [2.45, 2.75) is 76.0 Å². The van der Waals surface area contributed by atoms with E-state index in [2.05, 4.69) is 21.0 Å². The molecule has 37 heavy (non-hydrogen) atoms. The zero-order valence-corrected chi connectivity index (χ0v) is 21.1. The molecule has 4 aromatic rings. The number of H-pyrrole nitrogens is 1. The molecule has 194 valence electrons. The van der Waals surface area contributed by atoms with E-state index >= 15 is 0 Å². The highest BCUT2D eigenvalue weighted by molar-refractivity contribution is 5.35. The zero-order chi connectivity index (χ0) is 25.6. The summed E-state index contributed by atoms with van der Waals surface area (Å²) in [5, 5.41) is 0. The Hall–Kier alpha value is -3.88. The molecular formula is C28H35N7O2. The molecule has 0 bridgehead atoms. The molecule has 4 heterocycles. The number of nitrogens with one attached hydrogen (secondary N) is 1. The van der Waals surface area contributed by atoms with Crippen molar-refractivity contribution < 1.29 is 0 Å². The largest absolute Gasteiger partial charge is 0.336 e. The Labute approximate surface area is 216 Å². The molecule has 9 nitrogen and oxygen atoms in total. The lowest BCUT2D eigenvalue weighted by atomic mass is 9.86. The molecule has 2 aliphatic rings. The second-order valence-electron chi connectivity index (χ2n) is 10.1. The minimum Gasteiger partial charge on any atom is -0.336 e. The fourth-order valence-corrected chi connectivity index (χ4v) is 5.60. The summed E-state index contributed by atoms with van der Waals surface area (Å²) < 4.78 is 5.02. The van der Waals surface area contributed by atoms with E-state index in [0.717, 1.165) is 35.6 Å². The van der Waals surface area contributed by atoms with Gasteiger partial charge in [-0.3, -0.25) is 9.59 Å². The van der Waals surface area contributed by atoms with Gasteiger partial charge in [0.2, 0.25) is 5.56 Å². The van der Waals surface area contributed by atoms with E-state index in [1.54, 1.807) is 37.2 Å². The first-order valence-corrected chi connectivity index (χ1v) is 13.3. The highest BCUT2D eigenvalue weighted by Gasteiger charge is 2.20. The maximum Gasteiger partial charge on any atom is 0.270 e. The summed E-state index contributed by atoms with van der Waals surface area (Å²) in [6, 6.07) is 7.26. The highest BCUT2D eigenvalue weighted by atomic mass is 16.1. The summed E-state index contributed by atoms with van der Waals surface area (Å²) in [5.41, 5.74) is 3.57. The predicted octanol–water partition coefficient (Wildman–Crippen LogP) is 4.40. The molecule has 0 atom stereocenters. The number of hydrogen-bond donors (Lipinski definition) is 2. The number of hydrogen-bond acceptors (Lipinski definition) is 5. The van der Waals surface area contributed by atoms with Crippen LogP contribution in [0.4, 0.5) is 0 Å². The average molecular weight is 502 g/mol. The summed E-state index contributed by atoms with van der Waals surface area (Å²) >= 11 is 0. The van der Waals surface area contributed by atoms with Crippen LogP contribution in [0.2, 0.25) is 0 Å².